The summed E-state index contributed by atoms with van der Waals surface area (Å²) in [5.41, 5.74) is 3.32. The summed E-state index contributed by atoms with van der Waals surface area (Å²) in [4.78, 5) is 28.9. The van der Waals surface area contributed by atoms with Gasteiger partial charge in [-0.3, -0.25) is 9.59 Å². The highest BCUT2D eigenvalue weighted by atomic mass is 35.5. The first-order chi connectivity index (χ1) is 13.3. The second-order valence-corrected chi connectivity index (χ2v) is 7.56. The van der Waals surface area contributed by atoms with Crippen molar-refractivity contribution < 1.29 is 14.3 Å². The number of aryl methyl sites for hydroxylation is 1. The number of aromatic nitrogens is 1. The Hall–Kier alpha value is -2.63. The average Bonchev–Trinajstić information content (AvgIpc) is 2.94. The molecule has 142 valence electrons. The van der Waals surface area contributed by atoms with Crippen molar-refractivity contribution in [1.29, 1.82) is 0 Å². The van der Waals surface area contributed by atoms with Crippen molar-refractivity contribution in [3.8, 4) is 5.75 Å². The van der Waals surface area contributed by atoms with Crippen molar-refractivity contribution in [2.75, 3.05) is 11.9 Å². The fourth-order valence-corrected chi connectivity index (χ4v) is 3.81. The largest absolute Gasteiger partial charge is 0.482 e. The molecule has 28 heavy (non-hydrogen) atoms. The van der Waals surface area contributed by atoms with Gasteiger partial charge in [-0.1, -0.05) is 23.2 Å². The van der Waals surface area contributed by atoms with Crippen LogP contribution in [0.25, 0.3) is 10.9 Å². The number of pyridine rings is 1. The van der Waals surface area contributed by atoms with E-state index in [9.17, 15) is 9.59 Å². The van der Waals surface area contributed by atoms with E-state index in [1.54, 1.807) is 31.2 Å². The molecule has 0 spiro atoms. The molecule has 0 saturated carbocycles. The first kappa shape index (κ1) is 18.7. The Kier molecular flexibility index (Phi) is 4.73. The zero-order chi connectivity index (χ0) is 20.0. The number of rotatable bonds is 4. The second-order valence-electron chi connectivity index (χ2n) is 6.74. The second kappa shape index (κ2) is 7.08. The van der Waals surface area contributed by atoms with Gasteiger partial charge in [-0.2, -0.15) is 0 Å². The molecule has 1 atom stereocenters. The van der Waals surface area contributed by atoms with E-state index in [-0.39, 0.29) is 24.2 Å². The number of hydrogen-bond donors (Lipinski definition) is 1. The summed E-state index contributed by atoms with van der Waals surface area (Å²) >= 11 is 12.5. The normalized spacial score (nSPS) is 15.4. The molecule has 4 rings (SSSR count). The number of ether oxygens (including phenoxy) is 1. The molecule has 0 saturated heterocycles. The van der Waals surface area contributed by atoms with E-state index < -0.39 is 0 Å². The number of nitrogens with one attached hydrogen (secondary N) is 1. The summed E-state index contributed by atoms with van der Waals surface area (Å²) in [5, 5.41) is 4.25. The highest BCUT2D eigenvalue weighted by Crippen LogP contribution is 2.37. The standard InChI is InChI=1S/C21H16Cl2N2O3/c1-10-3-5-13-15(22)8-16(23)20(19(13)24-10)28-9-18(26)12-4-6-17-14(7-12)11(2)21(27)25-17/h3-8,11H,9H2,1-2H3,(H,25,27)/t11-/m0/s1. The Bertz CT molecular complexity index is 1140. The quantitative estimate of drug-likeness (QED) is 0.598. The van der Waals surface area contributed by atoms with E-state index in [0.717, 1.165) is 16.9 Å². The highest BCUT2D eigenvalue weighted by molar-refractivity contribution is 6.39. The van der Waals surface area contributed by atoms with E-state index in [4.69, 9.17) is 27.9 Å². The molecular formula is C21H16Cl2N2O3. The Morgan fingerprint density at radius 1 is 1.18 bits per heavy atom. The number of nitrogens with zero attached hydrogens (tertiary/aromatic N) is 1. The SMILES string of the molecule is Cc1ccc2c(Cl)cc(Cl)c(OCC(=O)c3ccc4c(c3)[C@H](C)C(=O)N4)c2n1. The molecule has 5 nitrogen and oxygen atoms in total. The predicted octanol–water partition coefficient (Wildman–Crippen LogP) is 5.17. The summed E-state index contributed by atoms with van der Waals surface area (Å²) < 4.78 is 5.76. The van der Waals surface area contributed by atoms with Gasteiger partial charge in [-0.05, 0) is 55.8 Å². The minimum atomic E-state index is -0.287. The lowest BCUT2D eigenvalue weighted by atomic mass is 9.99. The molecule has 3 aromatic rings. The number of halogens is 2. The Labute approximate surface area is 171 Å². The van der Waals surface area contributed by atoms with Gasteiger partial charge in [0.1, 0.15) is 5.52 Å². The summed E-state index contributed by atoms with van der Waals surface area (Å²) in [6, 6.07) is 10.4. The molecule has 7 heteroatoms. The number of hydrogen-bond acceptors (Lipinski definition) is 4. The number of Topliss-reactive ketones (excluding diaryl/α,β-unsaturated/α-hetero) is 1. The number of carbonyl (C=O) groups excluding carboxylic acids is 2. The average molecular weight is 415 g/mol. The van der Waals surface area contributed by atoms with Crippen molar-refractivity contribution in [1.82, 2.24) is 4.98 Å². The summed E-state index contributed by atoms with van der Waals surface area (Å²) in [7, 11) is 0. The number of anilines is 1. The van der Waals surface area contributed by atoms with Crippen LogP contribution >= 0.6 is 23.2 Å². The fourth-order valence-electron chi connectivity index (χ4n) is 3.24. The maximum Gasteiger partial charge on any atom is 0.231 e. The van der Waals surface area contributed by atoms with Crippen LogP contribution in [0, 0.1) is 6.92 Å². The smallest absolute Gasteiger partial charge is 0.231 e. The zero-order valence-corrected chi connectivity index (χ0v) is 16.7. The minimum Gasteiger partial charge on any atom is -0.482 e. The van der Waals surface area contributed by atoms with Gasteiger partial charge < -0.3 is 10.1 Å². The zero-order valence-electron chi connectivity index (χ0n) is 15.2. The van der Waals surface area contributed by atoms with Crippen LogP contribution in [0.3, 0.4) is 0 Å². The van der Waals surface area contributed by atoms with E-state index in [2.05, 4.69) is 10.3 Å². The van der Waals surface area contributed by atoms with Crippen molar-refractivity contribution >= 4 is 51.5 Å². The molecule has 2 heterocycles. The molecule has 0 fully saturated rings. The predicted molar refractivity (Wildman–Crippen MR) is 110 cm³/mol. The molecule has 0 unspecified atom stereocenters. The number of ketones is 1. The van der Waals surface area contributed by atoms with Gasteiger partial charge >= 0.3 is 0 Å². The highest BCUT2D eigenvalue weighted by Gasteiger charge is 2.27. The maximum absolute atomic E-state index is 12.7. The van der Waals surface area contributed by atoms with Gasteiger partial charge in [-0.15, -0.1) is 0 Å². The Morgan fingerprint density at radius 2 is 1.96 bits per heavy atom. The molecular weight excluding hydrogens is 399 g/mol. The minimum absolute atomic E-state index is 0.0725. The van der Waals surface area contributed by atoms with Crippen molar-refractivity contribution in [3.05, 3.63) is 63.3 Å². The summed E-state index contributed by atoms with van der Waals surface area (Å²) in [6.07, 6.45) is 0. The lowest BCUT2D eigenvalue weighted by Crippen LogP contribution is -2.12. The third-order valence-corrected chi connectivity index (χ3v) is 5.41. The van der Waals surface area contributed by atoms with E-state index in [0.29, 0.717) is 32.3 Å². The third-order valence-electron chi connectivity index (χ3n) is 4.82. The number of amides is 1. The number of benzene rings is 2. The van der Waals surface area contributed by atoms with Crippen LogP contribution in [-0.4, -0.2) is 23.3 Å². The van der Waals surface area contributed by atoms with Gasteiger partial charge in [0.25, 0.3) is 0 Å². The lowest BCUT2D eigenvalue weighted by Gasteiger charge is -2.12. The van der Waals surface area contributed by atoms with Crippen LogP contribution in [0.5, 0.6) is 5.75 Å². The van der Waals surface area contributed by atoms with Crippen molar-refractivity contribution in [3.63, 3.8) is 0 Å². The molecule has 1 amide bonds. The van der Waals surface area contributed by atoms with E-state index in [1.807, 2.05) is 19.1 Å². The number of carbonyl (C=O) groups is 2. The molecule has 1 aromatic heterocycles. The van der Waals surface area contributed by atoms with Crippen LogP contribution in [-0.2, 0) is 4.79 Å². The maximum atomic E-state index is 12.7. The lowest BCUT2D eigenvalue weighted by molar-refractivity contribution is -0.116. The Balaban J connectivity index is 1.61. The van der Waals surface area contributed by atoms with Gasteiger partial charge in [0.05, 0.1) is 16.0 Å². The van der Waals surface area contributed by atoms with Gasteiger partial charge in [0.2, 0.25) is 5.91 Å². The molecule has 1 N–H and O–H groups in total. The molecule has 0 aliphatic carbocycles. The topological polar surface area (TPSA) is 68.3 Å². The van der Waals surface area contributed by atoms with Gasteiger partial charge in [0, 0.05) is 22.3 Å². The molecule has 0 radical (unpaired) electrons. The monoisotopic (exact) mass is 414 g/mol. The molecule has 1 aliphatic rings. The van der Waals surface area contributed by atoms with Crippen LogP contribution in [0.1, 0.15) is 34.5 Å². The van der Waals surface area contributed by atoms with Gasteiger partial charge in [0.15, 0.2) is 18.1 Å². The molecule has 2 aromatic carbocycles. The molecule has 0 bridgehead atoms. The summed E-state index contributed by atoms with van der Waals surface area (Å²) in [5.74, 6) is -0.257. The first-order valence-corrected chi connectivity index (χ1v) is 9.47. The van der Waals surface area contributed by atoms with Gasteiger partial charge in [-0.25, -0.2) is 4.98 Å². The van der Waals surface area contributed by atoms with Crippen LogP contribution in [0.15, 0.2) is 36.4 Å². The first-order valence-electron chi connectivity index (χ1n) is 8.71. The molecule has 1 aliphatic heterocycles. The van der Waals surface area contributed by atoms with Crippen LogP contribution in [0.4, 0.5) is 5.69 Å². The van der Waals surface area contributed by atoms with Crippen LogP contribution in [0.2, 0.25) is 10.0 Å². The third kappa shape index (κ3) is 3.21. The fraction of sp³-hybridized carbons (Fsp3) is 0.190. The van der Waals surface area contributed by atoms with Crippen molar-refractivity contribution in [2.45, 2.75) is 19.8 Å². The van der Waals surface area contributed by atoms with E-state index >= 15 is 0 Å². The van der Waals surface area contributed by atoms with Crippen molar-refractivity contribution in [2.24, 2.45) is 0 Å². The Morgan fingerprint density at radius 3 is 2.75 bits per heavy atom. The summed E-state index contributed by atoms with van der Waals surface area (Å²) in [6.45, 7) is 3.45. The number of fused-ring (bicyclic) bond motifs is 2. The van der Waals surface area contributed by atoms with Crippen LogP contribution < -0.4 is 10.1 Å². The van der Waals surface area contributed by atoms with E-state index in [1.165, 1.54) is 0 Å².